The van der Waals surface area contributed by atoms with Crippen LogP contribution in [-0.4, -0.2) is 14.3 Å². The number of nitrogens with one attached hydrogen (secondary N) is 1. The van der Waals surface area contributed by atoms with Gasteiger partial charge < -0.3 is 5.73 Å². The van der Waals surface area contributed by atoms with Crippen molar-refractivity contribution in [2.75, 3.05) is 4.72 Å². The predicted molar refractivity (Wildman–Crippen MR) is 86.1 cm³/mol. The summed E-state index contributed by atoms with van der Waals surface area (Å²) in [7, 11) is -3.64. The van der Waals surface area contributed by atoms with Crippen molar-refractivity contribution in [1.82, 2.24) is 0 Å². The number of benzene rings is 2. The van der Waals surface area contributed by atoms with Crippen molar-refractivity contribution < 1.29 is 13.2 Å². The maximum atomic E-state index is 12.5. The van der Waals surface area contributed by atoms with Crippen molar-refractivity contribution in [3.8, 4) is 0 Å². The molecule has 0 aliphatic heterocycles. The van der Waals surface area contributed by atoms with Crippen molar-refractivity contribution in [1.29, 1.82) is 0 Å². The molecule has 22 heavy (non-hydrogen) atoms. The lowest BCUT2D eigenvalue weighted by molar-refractivity contribution is -0.117. The normalized spacial score (nSPS) is 11.2. The van der Waals surface area contributed by atoms with E-state index in [2.05, 4.69) is 4.72 Å². The molecule has 0 fully saturated rings. The Morgan fingerprint density at radius 2 is 1.73 bits per heavy atom. The van der Waals surface area contributed by atoms with Crippen LogP contribution in [0.4, 0.5) is 5.69 Å². The summed E-state index contributed by atoms with van der Waals surface area (Å²) in [6, 6.07) is 11.9. The Hall–Kier alpha value is -2.34. The van der Waals surface area contributed by atoms with Gasteiger partial charge in [0.2, 0.25) is 5.91 Å². The molecule has 2 rings (SSSR count). The van der Waals surface area contributed by atoms with E-state index in [1.54, 1.807) is 43.3 Å². The minimum Gasteiger partial charge on any atom is -0.369 e. The lowest BCUT2D eigenvalue weighted by atomic mass is 10.1. The number of nitrogens with two attached hydrogens (primary N) is 1. The number of primary amides is 1. The third-order valence-electron chi connectivity index (χ3n) is 3.22. The van der Waals surface area contributed by atoms with Gasteiger partial charge in [-0.25, -0.2) is 8.42 Å². The van der Waals surface area contributed by atoms with Gasteiger partial charge in [-0.2, -0.15) is 0 Å². The fraction of sp³-hybridized carbons (Fsp3) is 0.188. The number of hydrogen-bond donors (Lipinski definition) is 2. The number of hydrogen-bond acceptors (Lipinski definition) is 3. The molecule has 5 nitrogen and oxygen atoms in total. The van der Waals surface area contributed by atoms with Gasteiger partial charge in [-0.15, -0.1) is 0 Å². The fourth-order valence-electron chi connectivity index (χ4n) is 2.10. The zero-order chi connectivity index (χ0) is 16.3. The van der Waals surface area contributed by atoms with Crippen molar-refractivity contribution in [2.24, 2.45) is 5.73 Å². The molecule has 2 aromatic carbocycles. The van der Waals surface area contributed by atoms with E-state index < -0.39 is 15.9 Å². The lowest BCUT2D eigenvalue weighted by Crippen LogP contribution is -2.15. The van der Waals surface area contributed by atoms with Gasteiger partial charge in [-0.05, 0) is 48.7 Å². The summed E-state index contributed by atoms with van der Waals surface area (Å²) >= 11 is 0. The van der Waals surface area contributed by atoms with E-state index >= 15 is 0 Å². The number of amides is 1. The van der Waals surface area contributed by atoms with Crippen molar-refractivity contribution in [3.63, 3.8) is 0 Å². The van der Waals surface area contributed by atoms with Crippen LogP contribution in [0.1, 0.15) is 16.7 Å². The topological polar surface area (TPSA) is 89.3 Å². The Kier molecular flexibility index (Phi) is 4.51. The lowest BCUT2D eigenvalue weighted by Gasteiger charge is -2.11. The van der Waals surface area contributed by atoms with Crippen molar-refractivity contribution >= 4 is 21.6 Å². The first-order chi connectivity index (χ1) is 10.3. The molecular formula is C16H18N2O3S. The summed E-state index contributed by atoms with van der Waals surface area (Å²) in [5, 5.41) is 0. The Balaban J connectivity index is 2.25. The highest BCUT2D eigenvalue weighted by Gasteiger charge is 2.17. The van der Waals surface area contributed by atoms with Crippen LogP contribution >= 0.6 is 0 Å². The number of aryl methyl sites for hydroxylation is 2. The second-order valence-corrected chi connectivity index (χ2v) is 6.87. The van der Waals surface area contributed by atoms with Crippen molar-refractivity contribution in [2.45, 2.75) is 25.2 Å². The van der Waals surface area contributed by atoms with E-state index in [0.29, 0.717) is 11.3 Å². The zero-order valence-corrected chi connectivity index (χ0v) is 13.3. The highest BCUT2D eigenvalue weighted by Crippen LogP contribution is 2.21. The molecule has 0 aliphatic rings. The van der Waals surface area contributed by atoms with E-state index in [1.165, 1.54) is 0 Å². The first-order valence-electron chi connectivity index (χ1n) is 6.75. The molecule has 0 unspecified atom stereocenters. The summed E-state index contributed by atoms with van der Waals surface area (Å²) in [5.41, 5.74) is 7.86. The average molecular weight is 318 g/mol. The molecule has 0 aromatic heterocycles. The minimum atomic E-state index is -3.64. The summed E-state index contributed by atoms with van der Waals surface area (Å²) in [6.07, 6.45) is 0.129. The monoisotopic (exact) mass is 318 g/mol. The molecule has 2 aromatic rings. The van der Waals surface area contributed by atoms with Gasteiger partial charge in [0, 0.05) is 5.69 Å². The molecular weight excluding hydrogens is 300 g/mol. The molecule has 0 atom stereocenters. The quantitative estimate of drug-likeness (QED) is 0.885. The standard InChI is InChI=1S/C16H18N2O3S/c1-11-3-4-12(2)15(9-11)22(20,21)18-14-7-5-13(6-8-14)10-16(17)19/h3-9,18H,10H2,1-2H3,(H2,17,19). The number of sulfonamides is 1. The van der Waals surface area contributed by atoms with Crippen molar-refractivity contribution in [3.05, 3.63) is 59.2 Å². The van der Waals surface area contributed by atoms with Crippen LogP contribution in [0, 0.1) is 13.8 Å². The largest absolute Gasteiger partial charge is 0.369 e. The van der Waals surface area contributed by atoms with Gasteiger partial charge in [0.15, 0.2) is 0 Å². The number of carbonyl (C=O) groups excluding carboxylic acids is 1. The number of carbonyl (C=O) groups is 1. The summed E-state index contributed by atoms with van der Waals surface area (Å²) in [6.45, 7) is 3.60. The summed E-state index contributed by atoms with van der Waals surface area (Å²) in [4.78, 5) is 11.1. The van der Waals surface area contributed by atoms with E-state index in [4.69, 9.17) is 5.73 Å². The minimum absolute atomic E-state index is 0.129. The van der Waals surface area contributed by atoms with Gasteiger partial charge >= 0.3 is 0 Å². The van der Waals surface area contributed by atoms with E-state index in [-0.39, 0.29) is 11.3 Å². The van der Waals surface area contributed by atoms with Gasteiger partial charge in [-0.3, -0.25) is 9.52 Å². The van der Waals surface area contributed by atoms with Gasteiger partial charge in [0.25, 0.3) is 10.0 Å². The van der Waals surface area contributed by atoms with Crippen LogP contribution in [0.2, 0.25) is 0 Å². The van der Waals surface area contributed by atoms with Crippen LogP contribution in [0.5, 0.6) is 0 Å². The second kappa shape index (κ2) is 6.19. The van der Waals surface area contributed by atoms with E-state index in [1.807, 2.05) is 13.0 Å². The Labute approximate surface area is 130 Å². The van der Waals surface area contributed by atoms with Crippen LogP contribution in [0.15, 0.2) is 47.4 Å². The number of rotatable bonds is 5. The van der Waals surface area contributed by atoms with Gasteiger partial charge in [0.1, 0.15) is 0 Å². The van der Waals surface area contributed by atoms with Crippen LogP contribution in [-0.2, 0) is 21.2 Å². The second-order valence-electron chi connectivity index (χ2n) is 5.21. The molecule has 0 bridgehead atoms. The Bertz CT molecular complexity index is 797. The first-order valence-corrected chi connectivity index (χ1v) is 8.23. The average Bonchev–Trinajstić information content (AvgIpc) is 2.43. The fourth-order valence-corrected chi connectivity index (χ4v) is 3.49. The molecule has 0 radical (unpaired) electrons. The predicted octanol–water partition coefficient (Wildman–Crippen LogP) is 2.13. The third kappa shape index (κ3) is 3.85. The summed E-state index contributed by atoms with van der Waals surface area (Å²) < 4.78 is 27.4. The molecule has 0 aliphatic carbocycles. The third-order valence-corrected chi connectivity index (χ3v) is 4.74. The molecule has 116 valence electrons. The van der Waals surface area contributed by atoms with Crippen LogP contribution in [0.25, 0.3) is 0 Å². The van der Waals surface area contributed by atoms with Gasteiger partial charge in [-0.1, -0.05) is 24.3 Å². The first kappa shape index (κ1) is 16.0. The van der Waals surface area contributed by atoms with E-state index in [0.717, 1.165) is 11.1 Å². The molecule has 3 N–H and O–H groups in total. The summed E-state index contributed by atoms with van der Waals surface area (Å²) in [5.74, 6) is -0.427. The molecule has 6 heteroatoms. The smallest absolute Gasteiger partial charge is 0.262 e. The molecule has 0 saturated heterocycles. The molecule has 0 saturated carbocycles. The maximum absolute atomic E-state index is 12.5. The zero-order valence-electron chi connectivity index (χ0n) is 12.5. The van der Waals surface area contributed by atoms with Gasteiger partial charge in [0.05, 0.1) is 11.3 Å². The molecule has 0 heterocycles. The highest BCUT2D eigenvalue weighted by molar-refractivity contribution is 7.92. The molecule has 1 amide bonds. The number of anilines is 1. The van der Waals surface area contributed by atoms with E-state index in [9.17, 15) is 13.2 Å². The highest BCUT2D eigenvalue weighted by atomic mass is 32.2. The van der Waals surface area contributed by atoms with Crippen LogP contribution < -0.4 is 10.5 Å². The molecule has 0 spiro atoms. The van der Waals surface area contributed by atoms with Crippen LogP contribution in [0.3, 0.4) is 0 Å². The SMILES string of the molecule is Cc1ccc(C)c(S(=O)(=O)Nc2ccc(CC(N)=O)cc2)c1. The Morgan fingerprint density at radius 3 is 2.32 bits per heavy atom. The maximum Gasteiger partial charge on any atom is 0.262 e. The Morgan fingerprint density at radius 1 is 1.09 bits per heavy atom.